The molecule has 3 unspecified atom stereocenters. The third-order valence-electron chi connectivity index (χ3n) is 4.05. The Balaban J connectivity index is 1.97. The summed E-state index contributed by atoms with van der Waals surface area (Å²) < 4.78 is 0. The van der Waals surface area contributed by atoms with Crippen LogP contribution in [-0.2, 0) is 0 Å². The van der Waals surface area contributed by atoms with Crippen molar-refractivity contribution in [1.29, 1.82) is 0 Å². The van der Waals surface area contributed by atoms with Gasteiger partial charge in [-0.05, 0) is 38.3 Å². The summed E-state index contributed by atoms with van der Waals surface area (Å²) in [6.07, 6.45) is 3.04. The number of hydrogen-bond donors (Lipinski definition) is 2. The van der Waals surface area contributed by atoms with Crippen LogP contribution >= 0.6 is 0 Å². The highest BCUT2D eigenvalue weighted by molar-refractivity contribution is 5.73. The molecule has 0 bridgehead atoms. The highest BCUT2D eigenvalue weighted by Crippen LogP contribution is 2.37. The molecule has 1 fully saturated rings. The van der Waals surface area contributed by atoms with Crippen LogP contribution in [0.1, 0.15) is 26.2 Å². The SMILES string of the molecule is CC1CNc2ccccc2N1C1CCCC1O. The number of nitrogens with one attached hydrogen (secondary N) is 1. The van der Waals surface area contributed by atoms with Gasteiger partial charge in [-0.1, -0.05) is 12.1 Å². The van der Waals surface area contributed by atoms with Gasteiger partial charge >= 0.3 is 0 Å². The van der Waals surface area contributed by atoms with E-state index in [0.29, 0.717) is 12.1 Å². The Hall–Kier alpha value is -1.22. The molecular formula is C14H20N2O. The third kappa shape index (κ3) is 1.78. The maximum absolute atomic E-state index is 10.1. The minimum absolute atomic E-state index is 0.163. The first-order chi connectivity index (χ1) is 8.27. The topological polar surface area (TPSA) is 35.5 Å². The third-order valence-corrected chi connectivity index (χ3v) is 4.05. The van der Waals surface area contributed by atoms with Crippen LogP contribution in [0.25, 0.3) is 0 Å². The lowest BCUT2D eigenvalue weighted by atomic mass is 10.0. The quantitative estimate of drug-likeness (QED) is 0.779. The molecule has 3 heteroatoms. The van der Waals surface area contributed by atoms with Crippen LogP contribution in [0.2, 0.25) is 0 Å². The van der Waals surface area contributed by atoms with Gasteiger partial charge in [0.05, 0.1) is 23.5 Å². The molecule has 1 aliphatic heterocycles. The van der Waals surface area contributed by atoms with Gasteiger partial charge in [-0.25, -0.2) is 0 Å². The molecule has 92 valence electrons. The van der Waals surface area contributed by atoms with E-state index in [1.165, 1.54) is 11.4 Å². The summed E-state index contributed by atoms with van der Waals surface area (Å²) >= 11 is 0. The van der Waals surface area contributed by atoms with E-state index < -0.39 is 0 Å². The average Bonchev–Trinajstić information content (AvgIpc) is 2.75. The maximum atomic E-state index is 10.1. The first kappa shape index (κ1) is 10.9. The molecule has 3 rings (SSSR count). The maximum Gasteiger partial charge on any atom is 0.0743 e. The molecule has 2 N–H and O–H groups in total. The number of rotatable bonds is 1. The van der Waals surface area contributed by atoms with E-state index in [-0.39, 0.29) is 6.10 Å². The molecule has 0 amide bonds. The van der Waals surface area contributed by atoms with Gasteiger partial charge in [0.25, 0.3) is 0 Å². The number of aliphatic hydroxyl groups excluding tert-OH is 1. The van der Waals surface area contributed by atoms with Crippen molar-refractivity contribution in [2.24, 2.45) is 0 Å². The number of aliphatic hydroxyl groups is 1. The molecule has 0 saturated heterocycles. The summed E-state index contributed by atoms with van der Waals surface area (Å²) in [6.45, 7) is 3.19. The van der Waals surface area contributed by atoms with Gasteiger partial charge in [0.1, 0.15) is 0 Å². The van der Waals surface area contributed by atoms with Gasteiger partial charge in [-0.2, -0.15) is 0 Å². The Morgan fingerprint density at radius 3 is 2.88 bits per heavy atom. The van der Waals surface area contributed by atoms with E-state index in [9.17, 15) is 5.11 Å². The number of benzene rings is 1. The molecule has 17 heavy (non-hydrogen) atoms. The van der Waals surface area contributed by atoms with E-state index in [0.717, 1.165) is 25.8 Å². The monoisotopic (exact) mass is 232 g/mol. The van der Waals surface area contributed by atoms with Crippen molar-refractivity contribution < 1.29 is 5.11 Å². The second kappa shape index (κ2) is 4.22. The van der Waals surface area contributed by atoms with Gasteiger partial charge < -0.3 is 15.3 Å². The minimum atomic E-state index is -0.163. The van der Waals surface area contributed by atoms with E-state index >= 15 is 0 Å². The second-order valence-corrected chi connectivity index (χ2v) is 5.22. The molecule has 2 aliphatic rings. The Morgan fingerprint density at radius 2 is 2.12 bits per heavy atom. The lowest BCUT2D eigenvalue weighted by molar-refractivity contribution is 0.157. The van der Waals surface area contributed by atoms with Crippen molar-refractivity contribution in [3.05, 3.63) is 24.3 Å². The Morgan fingerprint density at radius 1 is 1.29 bits per heavy atom. The van der Waals surface area contributed by atoms with E-state index in [2.05, 4.69) is 41.4 Å². The summed E-state index contributed by atoms with van der Waals surface area (Å²) in [7, 11) is 0. The first-order valence-electron chi connectivity index (χ1n) is 6.56. The van der Waals surface area contributed by atoms with Gasteiger partial charge in [0, 0.05) is 12.6 Å². The fraction of sp³-hybridized carbons (Fsp3) is 0.571. The zero-order valence-electron chi connectivity index (χ0n) is 10.3. The summed E-state index contributed by atoms with van der Waals surface area (Å²) in [5.41, 5.74) is 2.45. The van der Waals surface area contributed by atoms with Crippen molar-refractivity contribution >= 4 is 11.4 Å². The smallest absolute Gasteiger partial charge is 0.0743 e. The highest BCUT2D eigenvalue weighted by Gasteiger charge is 2.35. The molecule has 3 nitrogen and oxygen atoms in total. The largest absolute Gasteiger partial charge is 0.391 e. The van der Waals surface area contributed by atoms with Crippen LogP contribution in [0.4, 0.5) is 11.4 Å². The highest BCUT2D eigenvalue weighted by atomic mass is 16.3. The summed E-state index contributed by atoms with van der Waals surface area (Å²) in [6, 6.07) is 9.16. The van der Waals surface area contributed by atoms with Crippen LogP contribution in [0.15, 0.2) is 24.3 Å². The van der Waals surface area contributed by atoms with Gasteiger partial charge in [-0.3, -0.25) is 0 Å². The summed E-state index contributed by atoms with van der Waals surface area (Å²) in [5, 5.41) is 13.6. The predicted octanol–water partition coefficient (Wildman–Crippen LogP) is 2.22. The molecule has 0 radical (unpaired) electrons. The van der Waals surface area contributed by atoms with Crippen LogP contribution in [-0.4, -0.2) is 29.8 Å². The molecule has 0 aromatic heterocycles. The van der Waals surface area contributed by atoms with Gasteiger partial charge in [-0.15, -0.1) is 0 Å². The molecular weight excluding hydrogens is 212 g/mol. The minimum Gasteiger partial charge on any atom is -0.391 e. The number of fused-ring (bicyclic) bond motifs is 1. The first-order valence-corrected chi connectivity index (χ1v) is 6.56. The standard InChI is InChI=1S/C14H20N2O/c1-10-9-15-11-5-2-3-6-12(11)16(10)13-7-4-8-14(13)17/h2-3,5-6,10,13-15,17H,4,7-9H2,1H3. The van der Waals surface area contributed by atoms with Crippen LogP contribution in [0.3, 0.4) is 0 Å². The lowest BCUT2D eigenvalue weighted by Gasteiger charge is -2.42. The Labute approximate surface area is 102 Å². The van der Waals surface area contributed by atoms with Crippen molar-refractivity contribution in [3.8, 4) is 0 Å². The molecule has 1 saturated carbocycles. The second-order valence-electron chi connectivity index (χ2n) is 5.22. The molecule has 0 spiro atoms. The average molecular weight is 232 g/mol. The summed E-state index contributed by atoms with van der Waals surface area (Å²) in [5.74, 6) is 0. The number of anilines is 2. The fourth-order valence-electron chi connectivity index (χ4n) is 3.19. The van der Waals surface area contributed by atoms with Crippen molar-refractivity contribution in [2.75, 3.05) is 16.8 Å². The van der Waals surface area contributed by atoms with Crippen molar-refractivity contribution in [1.82, 2.24) is 0 Å². The van der Waals surface area contributed by atoms with Crippen LogP contribution in [0.5, 0.6) is 0 Å². The summed E-state index contributed by atoms with van der Waals surface area (Å²) in [4.78, 5) is 2.42. The van der Waals surface area contributed by atoms with E-state index in [1.54, 1.807) is 0 Å². The molecule has 1 aliphatic carbocycles. The van der Waals surface area contributed by atoms with Gasteiger partial charge in [0.2, 0.25) is 0 Å². The molecule has 1 aromatic carbocycles. The Bertz CT molecular complexity index is 407. The zero-order chi connectivity index (χ0) is 11.8. The van der Waals surface area contributed by atoms with E-state index in [4.69, 9.17) is 0 Å². The predicted molar refractivity (Wildman–Crippen MR) is 70.5 cm³/mol. The Kier molecular flexibility index (Phi) is 2.71. The molecule has 1 aromatic rings. The fourth-order valence-corrected chi connectivity index (χ4v) is 3.19. The molecule has 1 heterocycles. The van der Waals surface area contributed by atoms with Crippen LogP contribution < -0.4 is 10.2 Å². The zero-order valence-corrected chi connectivity index (χ0v) is 10.3. The number of hydrogen-bond acceptors (Lipinski definition) is 3. The van der Waals surface area contributed by atoms with E-state index in [1.807, 2.05) is 0 Å². The number of nitrogens with zero attached hydrogens (tertiary/aromatic N) is 1. The van der Waals surface area contributed by atoms with Gasteiger partial charge in [0.15, 0.2) is 0 Å². The van der Waals surface area contributed by atoms with Crippen LogP contribution in [0, 0.1) is 0 Å². The number of para-hydroxylation sites is 2. The van der Waals surface area contributed by atoms with Crippen molar-refractivity contribution in [3.63, 3.8) is 0 Å². The normalized spacial score (nSPS) is 32.1. The van der Waals surface area contributed by atoms with Crippen molar-refractivity contribution in [2.45, 2.75) is 44.4 Å². The lowest BCUT2D eigenvalue weighted by Crippen LogP contribution is -2.51. The molecule has 3 atom stereocenters.